The summed E-state index contributed by atoms with van der Waals surface area (Å²) in [6.45, 7) is 8.62. The van der Waals surface area contributed by atoms with Crippen molar-refractivity contribution in [3.05, 3.63) is 45.8 Å². The zero-order valence-electron chi connectivity index (χ0n) is 14.6. The number of benzene rings is 1. The van der Waals surface area contributed by atoms with Crippen LogP contribution in [0, 0.1) is 0 Å². The van der Waals surface area contributed by atoms with Gasteiger partial charge in [-0.1, -0.05) is 59.4 Å². The van der Waals surface area contributed by atoms with Gasteiger partial charge in [-0.2, -0.15) is 0 Å². The largest absolute Gasteiger partial charge is 0.464 e. The molecule has 0 N–H and O–H groups in total. The van der Waals surface area contributed by atoms with Gasteiger partial charge in [0, 0.05) is 5.56 Å². The Labute approximate surface area is 134 Å². The molecule has 22 heavy (non-hydrogen) atoms. The molecule has 0 saturated heterocycles. The number of fused-ring (bicyclic) bond motifs is 1. The Morgan fingerprint density at radius 1 is 0.955 bits per heavy atom. The third-order valence-electron chi connectivity index (χ3n) is 3.87. The lowest BCUT2D eigenvalue weighted by Crippen LogP contribution is -2.09. The van der Waals surface area contributed by atoms with E-state index in [2.05, 4.69) is 27.7 Å². The van der Waals surface area contributed by atoms with Crippen LogP contribution in [0.4, 0.5) is 0 Å². The number of unbranched alkanes of at least 4 members (excludes halogenated alkanes) is 3. The molecule has 0 aliphatic rings. The molecule has 2 heteroatoms. The Morgan fingerprint density at radius 2 is 1.68 bits per heavy atom. The molecule has 1 aromatic heterocycles. The lowest BCUT2D eigenvalue weighted by molar-refractivity contribution is 0.586. The van der Waals surface area contributed by atoms with Crippen molar-refractivity contribution in [1.82, 2.24) is 0 Å². The summed E-state index contributed by atoms with van der Waals surface area (Å²) in [5, 5.41) is 0.725. The van der Waals surface area contributed by atoms with E-state index < -0.39 is 0 Å². The fourth-order valence-corrected chi connectivity index (χ4v) is 2.18. The number of hydrogen-bond acceptors (Lipinski definition) is 2. The number of rotatable bonds is 6. The van der Waals surface area contributed by atoms with E-state index in [9.17, 15) is 4.79 Å². The summed E-state index contributed by atoms with van der Waals surface area (Å²) in [4.78, 5) is 12.3. The van der Waals surface area contributed by atoms with E-state index >= 15 is 0 Å². The molecule has 0 bridgehead atoms. The Kier molecular flexibility index (Phi) is 8.57. The molecule has 2 aromatic rings. The van der Waals surface area contributed by atoms with Gasteiger partial charge in [-0.3, -0.25) is 4.79 Å². The van der Waals surface area contributed by atoms with Crippen molar-refractivity contribution in [2.24, 2.45) is 0 Å². The Morgan fingerprint density at radius 3 is 2.27 bits per heavy atom. The molecule has 0 fully saturated rings. The standard InChI is InChI=1S/C16H20O2.C4H10/c1-3-5-6-7-13-11-18-15-9-8-12(4-2)10-14(15)16(13)17;1-3-4-2/h8-11H,3-7H2,1-2H3;3-4H2,1-2H3. The minimum atomic E-state index is 0.141. The fourth-order valence-electron chi connectivity index (χ4n) is 2.18. The molecule has 122 valence electrons. The SMILES string of the molecule is CCCC.CCCCCc1coc2ccc(CC)cc2c1=O. The molecule has 0 unspecified atom stereocenters. The number of aryl methyl sites for hydroxylation is 2. The first-order valence-corrected chi connectivity index (χ1v) is 8.71. The molecule has 0 amide bonds. The normalized spacial score (nSPS) is 10.4. The summed E-state index contributed by atoms with van der Waals surface area (Å²) in [7, 11) is 0. The second kappa shape index (κ2) is 10.2. The van der Waals surface area contributed by atoms with Gasteiger partial charge in [0.1, 0.15) is 5.58 Å². The van der Waals surface area contributed by atoms with Crippen LogP contribution in [0.5, 0.6) is 0 Å². The van der Waals surface area contributed by atoms with Crippen LogP contribution in [0.15, 0.2) is 33.7 Å². The van der Waals surface area contributed by atoms with Crippen molar-refractivity contribution in [1.29, 1.82) is 0 Å². The summed E-state index contributed by atoms with van der Waals surface area (Å²) >= 11 is 0. The predicted molar refractivity (Wildman–Crippen MR) is 95.7 cm³/mol. The van der Waals surface area contributed by atoms with Gasteiger partial charge in [0.05, 0.1) is 11.6 Å². The van der Waals surface area contributed by atoms with Gasteiger partial charge in [0.25, 0.3) is 0 Å². The molecule has 0 aliphatic heterocycles. The molecule has 0 radical (unpaired) electrons. The zero-order chi connectivity index (χ0) is 16.4. The van der Waals surface area contributed by atoms with Crippen LogP contribution < -0.4 is 5.43 Å². The Hall–Kier alpha value is -1.57. The average Bonchev–Trinajstić information content (AvgIpc) is 2.57. The highest BCUT2D eigenvalue weighted by molar-refractivity contribution is 5.77. The van der Waals surface area contributed by atoms with Gasteiger partial charge < -0.3 is 4.42 Å². The average molecular weight is 302 g/mol. The van der Waals surface area contributed by atoms with Gasteiger partial charge in [-0.15, -0.1) is 0 Å². The van der Waals surface area contributed by atoms with Crippen LogP contribution in [-0.4, -0.2) is 0 Å². The first-order chi connectivity index (χ1) is 10.7. The van der Waals surface area contributed by atoms with Crippen LogP contribution in [0.3, 0.4) is 0 Å². The highest BCUT2D eigenvalue weighted by atomic mass is 16.3. The van der Waals surface area contributed by atoms with Crippen LogP contribution >= 0.6 is 0 Å². The topological polar surface area (TPSA) is 30.2 Å². The van der Waals surface area contributed by atoms with Crippen LogP contribution in [-0.2, 0) is 12.8 Å². The van der Waals surface area contributed by atoms with E-state index in [1.54, 1.807) is 6.26 Å². The molecule has 0 aliphatic carbocycles. The van der Waals surface area contributed by atoms with E-state index in [0.717, 1.165) is 36.6 Å². The lowest BCUT2D eigenvalue weighted by atomic mass is 10.0. The fraction of sp³-hybridized carbons (Fsp3) is 0.550. The summed E-state index contributed by atoms with van der Waals surface area (Å²) in [5.74, 6) is 0. The van der Waals surface area contributed by atoms with Crippen molar-refractivity contribution in [2.45, 2.75) is 72.6 Å². The minimum Gasteiger partial charge on any atom is -0.464 e. The molecule has 0 atom stereocenters. The molecule has 0 spiro atoms. The van der Waals surface area contributed by atoms with E-state index in [4.69, 9.17) is 4.42 Å². The zero-order valence-corrected chi connectivity index (χ0v) is 14.6. The van der Waals surface area contributed by atoms with Crippen molar-refractivity contribution in [2.75, 3.05) is 0 Å². The third kappa shape index (κ3) is 5.32. The summed E-state index contributed by atoms with van der Waals surface area (Å²) < 4.78 is 5.55. The van der Waals surface area contributed by atoms with Gasteiger partial charge in [-0.25, -0.2) is 0 Å². The summed E-state index contributed by atoms with van der Waals surface area (Å²) in [6.07, 6.45) is 9.41. The molecule has 2 nitrogen and oxygen atoms in total. The second-order valence-corrected chi connectivity index (χ2v) is 5.73. The number of hydrogen-bond donors (Lipinski definition) is 0. The van der Waals surface area contributed by atoms with E-state index in [0.29, 0.717) is 5.58 Å². The maximum atomic E-state index is 12.3. The first-order valence-electron chi connectivity index (χ1n) is 8.71. The maximum absolute atomic E-state index is 12.3. The molecule has 1 heterocycles. The van der Waals surface area contributed by atoms with Gasteiger partial charge in [0.15, 0.2) is 5.43 Å². The van der Waals surface area contributed by atoms with Crippen molar-refractivity contribution in [3.63, 3.8) is 0 Å². The lowest BCUT2D eigenvalue weighted by Gasteiger charge is -2.03. The van der Waals surface area contributed by atoms with Gasteiger partial charge in [0.2, 0.25) is 0 Å². The van der Waals surface area contributed by atoms with Crippen LogP contribution in [0.1, 0.15) is 70.9 Å². The molecular formula is C20H30O2. The van der Waals surface area contributed by atoms with Crippen LogP contribution in [0.25, 0.3) is 11.0 Å². The highest BCUT2D eigenvalue weighted by Crippen LogP contribution is 2.15. The molecule has 2 rings (SSSR count). The third-order valence-corrected chi connectivity index (χ3v) is 3.87. The quantitative estimate of drug-likeness (QED) is 0.622. The van der Waals surface area contributed by atoms with Gasteiger partial charge in [-0.05, 0) is 37.0 Å². The minimum absolute atomic E-state index is 0.141. The molecular weight excluding hydrogens is 272 g/mol. The van der Waals surface area contributed by atoms with E-state index in [1.165, 1.54) is 24.8 Å². The molecule has 0 saturated carbocycles. The van der Waals surface area contributed by atoms with E-state index in [-0.39, 0.29) is 5.43 Å². The predicted octanol–water partition coefficient (Wildman–Crippen LogP) is 5.89. The first kappa shape index (κ1) is 18.5. The van der Waals surface area contributed by atoms with E-state index in [1.807, 2.05) is 18.2 Å². The maximum Gasteiger partial charge on any atom is 0.195 e. The van der Waals surface area contributed by atoms with Crippen LogP contribution in [0.2, 0.25) is 0 Å². The smallest absolute Gasteiger partial charge is 0.195 e. The van der Waals surface area contributed by atoms with Crippen molar-refractivity contribution in [3.8, 4) is 0 Å². The Bertz CT molecular complexity index is 609. The summed E-state index contributed by atoms with van der Waals surface area (Å²) in [5.41, 5.74) is 2.82. The second-order valence-electron chi connectivity index (χ2n) is 5.73. The Balaban J connectivity index is 0.000000541. The molecule has 1 aromatic carbocycles. The van der Waals surface area contributed by atoms with Gasteiger partial charge >= 0.3 is 0 Å². The summed E-state index contributed by atoms with van der Waals surface area (Å²) in [6, 6.07) is 5.87. The van der Waals surface area contributed by atoms with Crippen molar-refractivity contribution >= 4 is 11.0 Å². The monoisotopic (exact) mass is 302 g/mol. The van der Waals surface area contributed by atoms with Crippen molar-refractivity contribution < 1.29 is 4.42 Å². The highest BCUT2D eigenvalue weighted by Gasteiger charge is 2.07.